The molecule has 0 radical (unpaired) electrons. The van der Waals surface area contributed by atoms with Crippen LogP contribution in [0, 0.1) is 6.92 Å². The van der Waals surface area contributed by atoms with Crippen LogP contribution in [0.1, 0.15) is 30.5 Å². The molecule has 1 aliphatic carbocycles. The summed E-state index contributed by atoms with van der Waals surface area (Å²) >= 11 is 0. The number of fused-ring (bicyclic) bond motifs is 3. The third-order valence-electron chi connectivity index (χ3n) is 9.74. The first-order valence-corrected chi connectivity index (χ1v) is 16.4. The Morgan fingerprint density at radius 3 is 1.34 bits per heavy atom. The van der Waals surface area contributed by atoms with Gasteiger partial charge < -0.3 is 4.90 Å². The second kappa shape index (κ2) is 11.6. The summed E-state index contributed by atoms with van der Waals surface area (Å²) < 4.78 is 0. The van der Waals surface area contributed by atoms with Gasteiger partial charge in [0.1, 0.15) is 0 Å². The minimum atomic E-state index is -0.165. The van der Waals surface area contributed by atoms with Crippen LogP contribution >= 0.6 is 0 Å². The van der Waals surface area contributed by atoms with E-state index in [9.17, 15) is 0 Å². The lowest BCUT2D eigenvalue weighted by molar-refractivity contribution is 0.660. The van der Waals surface area contributed by atoms with Crippen molar-refractivity contribution in [3.63, 3.8) is 0 Å². The van der Waals surface area contributed by atoms with E-state index in [0.29, 0.717) is 0 Å². The molecular formula is C46H37N. The van der Waals surface area contributed by atoms with Crippen molar-refractivity contribution in [3.05, 3.63) is 187 Å². The number of anilines is 3. The van der Waals surface area contributed by atoms with Gasteiger partial charge >= 0.3 is 0 Å². The zero-order chi connectivity index (χ0) is 32.0. The second-order valence-electron chi connectivity index (χ2n) is 13.1. The van der Waals surface area contributed by atoms with Gasteiger partial charge in [0.15, 0.2) is 0 Å². The molecule has 0 aromatic heterocycles. The van der Waals surface area contributed by atoms with E-state index < -0.39 is 0 Å². The Morgan fingerprint density at radius 1 is 0.383 bits per heavy atom. The molecule has 0 atom stereocenters. The molecule has 0 amide bonds. The van der Waals surface area contributed by atoms with Gasteiger partial charge in [0.25, 0.3) is 0 Å². The van der Waals surface area contributed by atoms with Crippen molar-refractivity contribution in [2.24, 2.45) is 0 Å². The molecule has 47 heavy (non-hydrogen) atoms. The van der Waals surface area contributed by atoms with Crippen molar-refractivity contribution in [2.45, 2.75) is 26.2 Å². The van der Waals surface area contributed by atoms with E-state index in [2.05, 4.69) is 196 Å². The SMILES string of the molecule is Cc1cc2c(cc1N(c1ccccc1)c1ccccc1)C(C)(C)c1cc(-c3cc(-c4ccccc4)cc(-c4ccccc4)c3)ccc1-2. The molecule has 0 spiro atoms. The Bertz CT molecular complexity index is 2100. The van der Waals surface area contributed by atoms with Gasteiger partial charge in [0, 0.05) is 22.5 Å². The zero-order valence-electron chi connectivity index (χ0n) is 27.1. The van der Waals surface area contributed by atoms with Crippen LogP contribution in [-0.4, -0.2) is 0 Å². The van der Waals surface area contributed by atoms with E-state index in [0.717, 1.165) is 11.4 Å². The summed E-state index contributed by atoms with van der Waals surface area (Å²) in [7, 11) is 0. The molecule has 0 saturated carbocycles. The van der Waals surface area contributed by atoms with Gasteiger partial charge in [0.05, 0.1) is 0 Å². The Hall–Kier alpha value is -5.66. The van der Waals surface area contributed by atoms with Crippen molar-refractivity contribution in [2.75, 3.05) is 4.90 Å². The van der Waals surface area contributed by atoms with Gasteiger partial charge in [-0.05, 0) is 129 Å². The number of nitrogens with zero attached hydrogens (tertiary/aromatic N) is 1. The fourth-order valence-corrected chi connectivity index (χ4v) is 7.27. The highest BCUT2D eigenvalue weighted by Gasteiger charge is 2.37. The molecule has 226 valence electrons. The third kappa shape index (κ3) is 5.15. The van der Waals surface area contributed by atoms with Crippen molar-refractivity contribution in [1.82, 2.24) is 0 Å². The first-order chi connectivity index (χ1) is 23.0. The summed E-state index contributed by atoms with van der Waals surface area (Å²) in [5.41, 5.74) is 17.4. The van der Waals surface area contributed by atoms with Crippen molar-refractivity contribution >= 4 is 17.1 Å². The Labute approximate surface area is 278 Å². The molecule has 1 nitrogen and oxygen atoms in total. The lowest BCUT2D eigenvalue weighted by Crippen LogP contribution is -2.17. The van der Waals surface area contributed by atoms with Gasteiger partial charge in [-0.3, -0.25) is 0 Å². The average Bonchev–Trinajstić information content (AvgIpc) is 3.34. The summed E-state index contributed by atoms with van der Waals surface area (Å²) in [6.45, 7) is 7.01. The quantitative estimate of drug-likeness (QED) is 0.183. The number of rotatable bonds is 6. The lowest BCUT2D eigenvalue weighted by atomic mass is 9.81. The summed E-state index contributed by atoms with van der Waals surface area (Å²) in [6.07, 6.45) is 0. The normalized spacial score (nSPS) is 12.7. The van der Waals surface area contributed by atoms with Crippen LogP contribution in [0.3, 0.4) is 0 Å². The summed E-state index contributed by atoms with van der Waals surface area (Å²) in [5.74, 6) is 0. The lowest BCUT2D eigenvalue weighted by Gasteiger charge is -2.29. The monoisotopic (exact) mass is 603 g/mol. The molecule has 0 aliphatic heterocycles. The van der Waals surface area contributed by atoms with E-state index >= 15 is 0 Å². The molecule has 0 fully saturated rings. The number of benzene rings is 7. The highest BCUT2D eigenvalue weighted by Crippen LogP contribution is 2.52. The topological polar surface area (TPSA) is 3.24 Å². The molecule has 0 unspecified atom stereocenters. The number of hydrogen-bond acceptors (Lipinski definition) is 1. The van der Waals surface area contributed by atoms with E-state index in [1.54, 1.807) is 0 Å². The Morgan fingerprint density at radius 2 is 0.830 bits per heavy atom. The summed E-state index contributed by atoms with van der Waals surface area (Å²) in [6, 6.07) is 61.8. The van der Waals surface area contributed by atoms with Gasteiger partial charge in [0.2, 0.25) is 0 Å². The Balaban J connectivity index is 1.25. The minimum absolute atomic E-state index is 0.165. The number of hydrogen-bond donors (Lipinski definition) is 0. The van der Waals surface area contributed by atoms with Crippen LogP contribution in [0.15, 0.2) is 170 Å². The smallest absolute Gasteiger partial charge is 0.0494 e. The fourth-order valence-electron chi connectivity index (χ4n) is 7.27. The number of aryl methyl sites for hydroxylation is 1. The van der Waals surface area contributed by atoms with Crippen LogP contribution in [0.5, 0.6) is 0 Å². The van der Waals surface area contributed by atoms with Crippen molar-refractivity contribution in [3.8, 4) is 44.5 Å². The first kappa shape index (κ1) is 28.8. The molecule has 1 aliphatic rings. The molecule has 1 heteroatoms. The molecule has 7 aromatic rings. The predicted molar refractivity (Wildman–Crippen MR) is 200 cm³/mol. The Kier molecular flexibility index (Phi) is 7.11. The molecule has 8 rings (SSSR count). The number of para-hydroxylation sites is 2. The maximum absolute atomic E-state index is 2.44. The van der Waals surface area contributed by atoms with E-state index in [-0.39, 0.29) is 5.41 Å². The van der Waals surface area contributed by atoms with E-state index in [4.69, 9.17) is 0 Å². The highest BCUT2D eigenvalue weighted by molar-refractivity contribution is 5.89. The van der Waals surface area contributed by atoms with Crippen LogP contribution in [0.2, 0.25) is 0 Å². The standard InChI is InChI=1S/C46H37N/c1-32-26-42-41-25-24-35(38-28-36(33-16-8-4-9-17-33)27-37(29-38)34-18-10-5-11-19-34)30-43(41)46(2,3)44(42)31-45(32)47(39-20-12-6-13-21-39)40-22-14-7-15-23-40/h4-31H,1-3H3. The first-order valence-electron chi connectivity index (χ1n) is 16.4. The molecule has 0 N–H and O–H groups in total. The molecule has 0 heterocycles. The van der Waals surface area contributed by atoms with Crippen LogP contribution in [0.25, 0.3) is 44.5 Å². The molecule has 7 aromatic carbocycles. The molecule has 0 saturated heterocycles. The molecule has 0 bridgehead atoms. The average molecular weight is 604 g/mol. The predicted octanol–water partition coefficient (Wildman–Crippen LogP) is 12.8. The van der Waals surface area contributed by atoms with Crippen LogP contribution in [-0.2, 0) is 5.41 Å². The van der Waals surface area contributed by atoms with Crippen LogP contribution in [0.4, 0.5) is 17.1 Å². The third-order valence-corrected chi connectivity index (χ3v) is 9.74. The zero-order valence-corrected chi connectivity index (χ0v) is 27.1. The molecular weight excluding hydrogens is 567 g/mol. The maximum Gasteiger partial charge on any atom is 0.0494 e. The van der Waals surface area contributed by atoms with E-state index in [1.165, 1.54) is 66.9 Å². The summed E-state index contributed by atoms with van der Waals surface area (Å²) in [5, 5.41) is 0. The minimum Gasteiger partial charge on any atom is -0.310 e. The van der Waals surface area contributed by atoms with Gasteiger partial charge in [-0.15, -0.1) is 0 Å². The van der Waals surface area contributed by atoms with Gasteiger partial charge in [-0.1, -0.05) is 123 Å². The van der Waals surface area contributed by atoms with Gasteiger partial charge in [-0.2, -0.15) is 0 Å². The fraction of sp³-hybridized carbons (Fsp3) is 0.0870. The maximum atomic E-state index is 2.44. The largest absolute Gasteiger partial charge is 0.310 e. The van der Waals surface area contributed by atoms with Crippen molar-refractivity contribution < 1.29 is 0 Å². The highest BCUT2D eigenvalue weighted by atomic mass is 15.1. The van der Waals surface area contributed by atoms with Crippen LogP contribution < -0.4 is 4.90 Å². The van der Waals surface area contributed by atoms with E-state index in [1.807, 2.05) is 0 Å². The summed E-state index contributed by atoms with van der Waals surface area (Å²) in [4.78, 5) is 2.39. The second-order valence-corrected chi connectivity index (χ2v) is 13.1. The van der Waals surface area contributed by atoms with Crippen molar-refractivity contribution in [1.29, 1.82) is 0 Å². The van der Waals surface area contributed by atoms with Gasteiger partial charge in [-0.25, -0.2) is 0 Å².